The van der Waals surface area contributed by atoms with Crippen LogP contribution in [0.15, 0.2) is 95.0 Å². The van der Waals surface area contributed by atoms with E-state index < -0.39 is 0 Å². The Labute approximate surface area is 207 Å². The average molecular weight is 488 g/mol. The summed E-state index contributed by atoms with van der Waals surface area (Å²) in [5, 5.41) is 2.94. The number of likely N-dealkylation sites (N-methyl/N-ethyl adjacent to an activating group) is 1. The maximum atomic E-state index is 13.7. The van der Waals surface area contributed by atoms with Crippen LogP contribution in [0.1, 0.15) is 29.8 Å². The van der Waals surface area contributed by atoms with Crippen molar-refractivity contribution in [1.82, 2.24) is 15.2 Å². The highest BCUT2D eigenvalue weighted by molar-refractivity contribution is 8.09. The Kier molecular flexibility index (Phi) is 7.77. The minimum absolute atomic E-state index is 0.221. The molecule has 172 valence electrons. The molecular formula is C27H25N3O2S2. The predicted molar refractivity (Wildman–Crippen MR) is 141 cm³/mol. The third kappa shape index (κ3) is 5.38. The average Bonchev–Trinajstić information content (AvgIpc) is 3.30. The van der Waals surface area contributed by atoms with Crippen molar-refractivity contribution >= 4 is 50.0 Å². The molecule has 1 N–H and O–H groups in total. The SMILES string of the molecule is CCN(CC)C(=O)C(NC(=O)c1ccccc1)=C(Sc1nc2ccccc2s1)c1ccccc1. The van der Waals surface area contributed by atoms with Gasteiger partial charge in [0.25, 0.3) is 11.8 Å². The van der Waals surface area contributed by atoms with Crippen molar-refractivity contribution in [2.75, 3.05) is 13.1 Å². The summed E-state index contributed by atoms with van der Waals surface area (Å²) < 4.78 is 1.88. The van der Waals surface area contributed by atoms with Gasteiger partial charge in [0.05, 0.1) is 15.1 Å². The minimum Gasteiger partial charge on any atom is -0.338 e. The summed E-state index contributed by atoms with van der Waals surface area (Å²) >= 11 is 2.97. The molecule has 34 heavy (non-hydrogen) atoms. The van der Waals surface area contributed by atoms with E-state index in [-0.39, 0.29) is 17.5 Å². The topological polar surface area (TPSA) is 62.3 Å². The van der Waals surface area contributed by atoms with Gasteiger partial charge in [-0.2, -0.15) is 0 Å². The number of carbonyl (C=O) groups is 2. The molecule has 1 aromatic heterocycles. The summed E-state index contributed by atoms with van der Waals surface area (Å²) in [4.78, 5) is 34.0. The first-order valence-electron chi connectivity index (χ1n) is 11.1. The summed E-state index contributed by atoms with van der Waals surface area (Å²) in [5.74, 6) is -0.545. The van der Waals surface area contributed by atoms with Crippen LogP contribution in [0.3, 0.4) is 0 Å². The van der Waals surface area contributed by atoms with Crippen LogP contribution in [0.5, 0.6) is 0 Å². The van der Waals surface area contributed by atoms with Crippen molar-refractivity contribution in [3.05, 3.63) is 102 Å². The monoisotopic (exact) mass is 487 g/mol. The van der Waals surface area contributed by atoms with Crippen LogP contribution < -0.4 is 5.32 Å². The van der Waals surface area contributed by atoms with E-state index in [2.05, 4.69) is 5.32 Å². The molecule has 1 heterocycles. The van der Waals surface area contributed by atoms with E-state index in [1.165, 1.54) is 11.8 Å². The molecule has 0 aliphatic heterocycles. The fourth-order valence-electron chi connectivity index (χ4n) is 3.48. The standard InChI is InChI=1S/C27H25N3O2S2/c1-3-30(4-2)26(32)23(29-25(31)20-15-9-6-10-16-20)24(19-13-7-5-8-14-19)34-27-28-21-17-11-12-18-22(21)33-27/h5-18H,3-4H2,1-2H3,(H,29,31). The number of hydrogen-bond donors (Lipinski definition) is 1. The quantitative estimate of drug-likeness (QED) is 0.243. The summed E-state index contributed by atoms with van der Waals surface area (Å²) in [6, 6.07) is 26.5. The van der Waals surface area contributed by atoms with Crippen molar-refractivity contribution in [2.24, 2.45) is 0 Å². The minimum atomic E-state index is -0.325. The normalized spacial score (nSPS) is 11.7. The summed E-state index contributed by atoms with van der Waals surface area (Å²) in [5.41, 5.74) is 2.50. The van der Waals surface area contributed by atoms with E-state index in [0.29, 0.717) is 23.6 Å². The number of fused-ring (bicyclic) bond motifs is 1. The molecule has 0 atom stereocenters. The largest absolute Gasteiger partial charge is 0.338 e. The molecule has 0 aliphatic carbocycles. The van der Waals surface area contributed by atoms with Crippen LogP contribution in [0.4, 0.5) is 0 Å². The zero-order valence-corrected chi connectivity index (χ0v) is 20.7. The zero-order valence-electron chi connectivity index (χ0n) is 19.0. The Morgan fingerprint density at radius 3 is 2.06 bits per heavy atom. The van der Waals surface area contributed by atoms with Gasteiger partial charge < -0.3 is 10.2 Å². The highest BCUT2D eigenvalue weighted by atomic mass is 32.2. The van der Waals surface area contributed by atoms with Crippen LogP contribution in [-0.4, -0.2) is 34.8 Å². The number of thiazole rings is 1. The highest BCUT2D eigenvalue weighted by Gasteiger charge is 2.25. The Bertz CT molecular complexity index is 1280. The summed E-state index contributed by atoms with van der Waals surface area (Å²) in [6.07, 6.45) is 0. The van der Waals surface area contributed by atoms with E-state index in [1.54, 1.807) is 40.5 Å². The molecule has 2 amide bonds. The number of benzene rings is 3. The number of nitrogens with one attached hydrogen (secondary N) is 1. The van der Waals surface area contributed by atoms with E-state index in [0.717, 1.165) is 20.1 Å². The van der Waals surface area contributed by atoms with Gasteiger partial charge in [-0.3, -0.25) is 9.59 Å². The maximum Gasteiger partial charge on any atom is 0.271 e. The zero-order chi connectivity index (χ0) is 23.9. The molecule has 0 aliphatic rings. The second-order valence-corrected chi connectivity index (χ2v) is 9.71. The van der Waals surface area contributed by atoms with Crippen LogP contribution >= 0.6 is 23.1 Å². The third-order valence-corrected chi connectivity index (χ3v) is 7.51. The van der Waals surface area contributed by atoms with Crippen molar-refractivity contribution in [2.45, 2.75) is 18.2 Å². The molecule has 0 fully saturated rings. The number of thioether (sulfide) groups is 1. The fourth-order valence-corrected chi connectivity index (χ4v) is 5.67. The van der Waals surface area contributed by atoms with Gasteiger partial charge in [0.15, 0.2) is 4.34 Å². The fraction of sp³-hybridized carbons (Fsp3) is 0.148. The number of para-hydroxylation sites is 1. The maximum absolute atomic E-state index is 13.7. The lowest BCUT2D eigenvalue weighted by Gasteiger charge is -2.23. The van der Waals surface area contributed by atoms with Crippen LogP contribution in [0.2, 0.25) is 0 Å². The lowest BCUT2D eigenvalue weighted by molar-refractivity contribution is -0.127. The van der Waals surface area contributed by atoms with Gasteiger partial charge in [-0.05, 0) is 43.7 Å². The van der Waals surface area contributed by atoms with Gasteiger partial charge >= 0.3 is 0 Å². The van der Waals surface area contributed by atoms with Crippen molar-refractivity contribution in [3.8, 4) is 0 Å². The summed E-state index contributed by atoms with van der Waals surface area (Å²) in [7, 11) is 0. The molecular weight excluding hydrogens is 462 g/mol. The van der Waals surface area contributed by atoms with E-state index >= 15 is 0 Å². The molecule has 0 radical (unpaired) electrons. The smallest absolute Gasteiger partial charge is 0.271 e. The first kappa shape index (κ1) is 23.7. The van der Waals surface area contributed by atoms with Crippen molar-refractivity contribution < 1.29 is 9.59 Å². The Morgan fingerprint density at radius 1 is 0.853 bits per heavy atom. The summed E-state index contributed by atoms with van der Waals surface area (Å²) in [6.45, 7) is 4.93. The Balaban J connectivity index is 1.84. The van der Waals surface area contributed by atoms with Gasteiger partial charge in [-0.1, -0.05) is 72.4 Å². The molecule has 7 heteroatoms. The third-order valence-electron chi connectivity index (χ3n) is 5.27. The number of amides is 2. The molecule has 0 spiro atoms. The first-order chi connectivity index (χ1) is 16.6. The molecule has 0 unspecified atom stereocenters. The molecule has 0 saturated heterocycles. The van der Waals surface area contributed by atoms with Gasteiger partial charge in [-0.25, -0.2) is 4.98 Å². The second-order valence-electron chi connectivity index (χ2n) is 7.42. The number of aromatic nitrogens is 1. The first-order valence-corrected chi connectivity index (χ1v) is 12.7. The predicted octanol–water partition coefficient (Wildman–Crippen LogP) is 6.06. The van der Waals surface area contributed by atoms with Gasteiger partial charge in [0.1, 0.15) is 5.70 Å². The van der Waals surface area contributed by atoms with Gasteiger partial charge in [0.2, 0.25) is 0 Å². The van der Waals surface area contributed by atoms with Crippen LogP contribution in [0, 0.1) is 0 Å². The lowest BCUT2D eigenvalue weighted by atomic mass is 10.1. The number of carbonyl (C=O) groups excluding carboxylic acids is 2. The number of nitrogens with zero attached hydrogens (tertiary/aromatic N) is 2. The van der Waals surface area contributed by atoms with Crippen molar-refractivity contribution in [1.29, 1.82) is 0 Å². The second kappa shape index (κ2) is 11.1. The molecule has 0 bridgehead atoms. The lowest BCUT2D eigenvalue weighted by Crippen LogP contribution is -2.38. The van der Waals surface area contributed by atoms with Crippen LogP contribution in [0.25, 0.3) is 15.1 Å². The Morgan fingerprint density at radius 2 is 1.44 bits per heavy atom. The van der Waals surface area contributed by atoms with E-state index in [9.17, 15) is 9.59 Å². The van der Waals surface area contributed by atoms with Gasteiger partial charge in [-0.15, -0.1) is 11.3 Å². The van der Waals surface area contributed by atoms with E-state index in [4.69, 9.17) is 4.98 Å². The molecule has 5 nitrogen and oxygen atoms in total. The van der Waals surface area contributed by atoms with Crippen molar-refractivity contribution in [3.63, 3.8) is 0 Å². The molecule has 4 aromatic rings. The Hall–Kier alpha value is -3.42. The highest BCUT2D eigenvalue weighted by Crippen LogP contribution is 2.40. The number of hydrogen-bond acceptors (Lipinski definition) is 5. The van der Waals surface area contributed by atoms with Gasteiger partial charge in [0, 0.05) is 18.7 Å². The van der Waals surface area contributed by atoms with E-state index in [1.807, 2.05) is 74.5 Å². The molecule has 4 rings (SSSR count). The molecule has 0 saturated carbocycles. The number of rotatable bonds is 8. The van der Waals surface area contributed by atoms with Crippen LogP contribution in [-0.2, 0) is 4.79 Å². The molecule has 3 aromatic carbocycles.